The first-order valence-corrected chi connectivity index (χ1v) is 4.65. The largest absolute Gasteiger partial charge is 0.277 e. The van der Waals surface area contributed by atoms with Gasteiger partial charge in [-0.1, -0.05) is 12.1 Å². The number of aliphatic imine (C=N–C) groups is 1. The number of rotatable bonds is 1. The summed E-state index contributed by atoms with van der Waals surface area (Å²) in [6, 6.07) is 5.70. The molecular weight excluding hydrogens is 174 g/mol. The molecule has 0 N–H and O–H groups in total. The molecule has 2 heteroatoms. The third-order valence-electron chi connectivity index (χ3n) is 2.16. The zero-order valence-corrected chi connectivity index (χ0v) is 9.09. The minimum absolute atomic E-state index is 0.147. The molecule has 0 aromatic heterocycles. The van der Waals surface area contributed by atoms with Gasteiger partial charge in [0.25, 0.3) is 5.91 Å². The Morgan fingerprint density at radius 1 is 1.21 bits per heavy atom. The van der Waals surface area contributed by atoms with E-state index < -0.39 is 0 Å². The number of carbonyl (C=O) groups excluding carboxylic acids is 1. The molecule has 1 rings (SSSR count). The summed E-state index contributed by atoms with van der Waals surface area (Å²) in [5.41, 5.74) is 3.63. The molecule has 0 atom stereocenters. The van der Waals surface area contributed by atoms with Crippen molar-refractivity contribution in [1.82, 2.24) is 0 Å². The van der Waals surface area contributed by atoms with Crippen LogP contribution in [-0.4, -0.2) is 11.6 Å². The molecule has 2 nitrogen and oxygen atoms in total. The Bertz CT molecular complexity index is 387. The highest BCUT2D eigenvalue weighted by Gasteiger charge is 2.08. The monoisotopic (exact) mass is 189 g/mol. The van der Waals surface area contributed by atoms with Gasteiger partial charge in [0.2, 0.25) is 0 Å². The molecule has 0 saturated carbocycles. The predicted octanol–water partition coefficient (Wildman–Crippen LogP) is 2.92. The Morgan fingerprint density at radius 2 is 1.86 bits per heavy atom. The Morgan fingerprint density at radius 3 is 2.43 bits per heavy atom. The molecule has 1 aromatic carbocycles. The number of carbonyl (C=O) groups is 1. The van der Waals surface area contributed by atoms with Crippen molar-refractivity contribution in [2.45, 2.75) is 27.7 Å². The van der Waals surface area contributed by atoms with Crippen LogP contribution in [0.25, 0.3) is 0 Å². The highest BCUT2D eigenvalue weighted by molar-refractivity contribution is 6.03. The number of benzene rings is 1. The summed E-state index contributed by atoms with van der Waals surface area (Å²) in [6.45, 7) is 7.59. The highest BCUT2D eigenvalue weighted by Crippen LogP contribution is 2.13. The van der Waals surface area contributed by atoms with Crippen LogP contribution in [0.2, 0.25) is 0 Å². The first-order valence-electron chi connectivity index (χ1n) is 4.65. The highest BCUT2D eigenvalue weighted by atomic mass is 16.1. The first kappa shape index (κ1) is 10.6. The van der Waals surface area contributed by atoms with Crippen molar-refractivity contribution in [2.24, 2.45) is 4.99 Å². The molecule has 0 aliphatic heterocycles. The van der Waals surface area contributed by atoms with Gasteiger partial charge >= 0.3 is 0 Å². The SMILES string of the molecule is CC(C)=NC(=O)c1cccc(C)c1C. The Kier molecular flexibility index (Phi) is 3.18. The van der Waals surface area contributed by atoms with E-state index in [-0.39, 0.29) is 5.91 Å². The van der Waals surface area contributed by atoms with Gasteiger partial charge in [-0.05, 0) is 44.9 Å². The zero-order valence-electron chi connectivity index (χ0n) is 9.09. The minimum Gasteiger partial charge on any atom is -0.267 e. The summed E-state index contributed by atoms with van der Waals surface area (Å²) in [5.74, 6) is -0.147. The average molecular weight is 189 g/mol. The molecule has 0 saturated heterocycles. The van der Waals surface area contributed by atoms with Gasteiger partial charge in [-0.3, -0.25) is 4.79 Å². The van der Waals surface area contributed by atoms with E-state index in [0.717, 1.165) is 16.8 Å². The van der Waals surface area contributed by atoms with E-state index in [1.54, 1.807) is 0 Å². The fourth-order valence-corrected chi connectivity index (χ4v) is 1.25. The second kappa shape index (κ2) is 4.18. The van der Waals surface area contributed by atoms with Gasteiger partial charge < -0.3 is 0 Å². The second-order valence-corrected chi connectivity index (χ2v) is 3.61. The van der Waals surface area contributed by atoms with Crippen LogP contribution < -0.4 is 0 Å². The fourth-order valence-electron chi connectivity index (χ4n) is 1.25. The maximum Gasteiger partial charge on any atom is 0.277 e. The van der Waals surface area contributed by atoms with Crippen molar-refractivity contribution < 1.29 is 4.79 Å². The lowest BCUT2D eigenvalue weighted by atomic mass is 10.0. The van der Waals surface area contributed by atoms with Crippen molar-refractivity contribution in [1.29, 1.82) is 0 Å². The normalized spacial score (nSPS) is 9.71. The lowest BCUT2D eigenvalue weighted by molar-refractivity contribution is 0.100. The lowest BCUT2D eigenvalue weighted by Gasteiger charge is -2.04. The van der Waals surface area contributed by atoms with Crippen molar-refractivity contribution >= 4 is 11.6 Å². The Hall–Kier alpha value is -1.44. The van der Waals surface area contributed by atoms with Gasteiger partial charge in [0, 0.05) is 11.3 Å². The molecule has 14 heavy (non-hydrogen) atoms. The summed E-state index contributed by atoms with van der Waals surface area (Å²) < 4.78 is 0. The van der Waals surface area contributed by atoms with Crippen LogP contribution in [0.1, 0.15) is 35.3 Å². The molecule has 0 aliphatic carbocycles. The van der Waals surface area contributed by atoms with E-state index in [1.165, 1.54) is 0 Å². The van der Waals surface area contributed by atoms with Gasteiger partial charge in [-0.15, -0.1) is 0 Å². The van der Waals surface area contributed by atoms with Crippen LogP contribution in [0.3, 0.4) is 0 Å². The van der Waals surface area contributed by atoms with Gasteiger partial charge in [0.1, 0.15) is 0 Å². The Labute approximate surface area is 84.7 Å². The van der Waals surface area contributed by atoms with Gasteiger partial charge in [0.05, 0.1) is 0 Å². The van der Waals surface area contributed by atoms with Crippen LogP contribution in [-0.2, 0) is 0 Å². The average Bonchev–Trinajstić information content (AvgIpc) is 2.08. The molecule has 0 spiro atoms. The first-order chi connectivity index (χ1) is 6.52. The number of hydrogen-bond acceptors (Lipinski definition) is 1. The van der Waals surface area contributed by atoms with Crippen molar-refractivity contribution in [3.63, 3.8) is 0 Å². The maximum absolute atomic E-state index is 11.6. The van der Waals surface area contributed by atoms with Gasteiger partial charge in [-0.25, -0.2) is 4.99 Å². The smallest absolute Gasteiger partial charge is 0.267 e. The predicted molar refractivity (Wildman–Crippen MR) is 59.0 cm³/mol. The summed E-state index contributed by atoms with van der Waals surface area (Å²) in [6.07, 6.45) is 0. The molecule has 0 radical (unpaired) electrons. The summed E-state index contributed by atoms with van der Waals surface area (Å²) >= 11 is 0. The summed E-state index contributed by atoms with van der Waals surface area (Å²) in [4.78, 5) is 15.6. The molecule has 74 valence electrons. The quantitative estimate of drug-likeness (QED) is 0.624. The molecule has 0 aliphatic rings. The second-order valence-electron chi connectivity index (χ2n) is 3.61. The molecule has 0 bridgehead atoms. The third-order valence-corrected chi connectivity index (χ3v) is 2.16. The van der Waals surface area contributed by atoms with Crippen LogP contribution in [0.4, 0.5) is 0 Å². The van der Waals surface area contributed by atoms with Crippen LogP contribution in [0, 0.1) is 13.8 Å². The topological polar surface area (TPSA) is 29.4 Å². The minimum atomic E-state index is -0.147. The lowest BCUT2D eigenvalue weighted by Crippen LogP contribution is -2.01. The Balaban J connectivity index is 3.14. The van der Waals surface area contributed by atoms with Crippen LogP contribution >= 0.6 is 0 Å². The molecule has 0 unspecified atom stereocenters. The van der Waals surface area contributed by atoms with E-state index in [1.807, 2.05) is 45.9 Å². The standard InChI is InChI=1S/C12H15NO/c1-8(2)13-12(14)11-7-5-6-9(3)10(11)4/h5-7H,1-4H3. The van der Waals surface area contributed by atoms with Crippen molar-refractivity contribution in [2.75, 3.05) is 0 Å². The van der Waals surface area contributed by atoms with Gasteiger partial charge in [-0.2, -0.15) is 0 Å². The third kappa shape index (κ3) is 2.28. The van der Waals surface area contributed by atoms with Crippen molar-refractivity contribution in [3.8, 4) is 0 Å². The zero-order chi connectivity index (χ0) is 10.7. The molecule has 0 heterocycles. The van der Waals surface area contributed by atoms with Crippen LogP contribution in [0.5, 0.6) is 0 Å². The van der Waals surface area contributed by atoms with Crippen LogP contribution in [0.15, 0.2) is 23.2 Å². The molecule has 1 amide bonds. The number of nitrogens with zero attached hydrogens (tertiary/aromatic N) is 1. The molecule has 0 fully saturated rings. The summed E-state index contributed by atoms with van der Waals surface area (Å²) in [7, 11) is 0. The van der Waals surface area contributed by atoms with Gasteiger partial charge in [0.15, 0.2) is 0 Å². The maximum atomic E-state index is 11.6. The van der Waals surface area contributed by atoms with E-state index in [4.69, 9.17) is 0 Å². The molecule has 1 aromatic rings. The van der Waals surface area contributed by atoms with E-state index >= 15 is 0 Å². The van der Waals surface area contributed by atoms with Crippen molar-refractivity contribution in [3.05, 3.63) is 34.9 Å². The van der Waals surface area contributed by atoms with E-state index in [0.29, 0.717) is 5.56 Å². The van der Waals surface area contributed by atoms with E-state index in [9.17, 15) is 4.79 Å². The number of aryl methyl sites for hydroxylation is 1. The number of hydrogen-bond donors (Lipinski definition) is 0. The summed E-state index contributed by atoms with van der Waals surface area (Å²) in [5, 5.41) is 0. The van der Waals surface area contributed by atoms with E-state index in [2.05, 4.69) is 4.99 Å². The molecular formula is C12H15NO. The fraction of sp³-hybridized carbons (Fsp3) is 0.333. The number of amides is 1.